The highest BCUT2D eigenvalue weighted by Gasteiger charge is 2.15. The van der Waals surface area contributed by atoms with E-state index in [4.69, 9.17) is 0 Å². The van der Waals surface area contributed by atoms with Gasteiger partial charge in [-0.2, -0.15) is 0 Å². The highest BCUT2D eigenvalue weighted by Crippen LogP contribution is 2.23. The lowest BCUT2D eigenvalue weighted by Gasteiger charge is -2.20. The molecule has 0 bridgehead atoms. The molecule has 1 N–H and O–H groups in total. The summed E-state index contributed by atoms with van der Waals surface area (Å²) in [5, 5.41) is 3.07. The fourth-order valence-corrected chi connectivity index (χ4v) is 4.15. The summed E-state index contributed by atoms with van der Waals surface area (Å²) in [5.41, 5.74) is 3.01. The zero-order valence-electron chi connectivity index (χ0n) is 17.5. The Balaban J connectivity index is 1.72. The molecule has 0 aliphatic rings. The summed E-state index contributed by atoms with van der Waals surface area (Å²) >= 11 is 0. The van der Waals surface area contributed by atoms with Crippen LogP contribution in [0.15, 0.2) is 65.7 Å². The van der Waals surface area contributed by atoms with Crippen molar-refractivity contribution in [1.29, 1.82) is 0 Å². The van der Waals surface area contributed by atoms with Crippen LogP contribution in [0.4, 0.5) is 17.3 Å². The number of benzene rings is 2. The minimum atomic E-state index is -3.35. The normalized spacial score (nSPS) is 11.8. The van der Waals surface area contributed by atoms with Gasteiger partial charge in [0.1, 0.15) is 0 Å². The highest BCUT2D eigenvalue weighted by atomic mass is 32.2. The second-order valence-electron chi connectivity index (χ2n) is 7.15. The number of anilines is 3. The summed E-state index contributed by atoms with van der Waals surface area (Å²) in [6, 6.07) is 15.5. The number of aromatic nitrogens is 2. The maximum Gasteiger partial charge on any atom is 0.232 e. The fourth-order valence-electron chi connectivity index (χ4n) is 2.98. The van der Waals surface area contributed by atoms with Crippen LogP contribution in [0, 0.1) is 0 Å². The summed E-state index contributed by atoms with van der Waals surface area (Å²) < 4.78 is 48.3. The maximum atomic E-state index is 11.9. The molecule has 0 fully saturated rings. The monoisotopic (exact) mass is 460 g/mol. The van der Waals surface area contributed by atoms with Gasteiger partial charge in [0.05, 0.1) is 16.8 Å². The Labute approximate surface area is 183 Å². The Morgan fingerprint density at radius 1 is 0.903 bits per heavy atom. The van der Waals surface area contributed by atoms with Gasteiger partial charge in [-0.25, -0.2) is 26.8 Å². The van der Waals surface area contributed by atoms with Crippen LogP contribution in [-0.2, 0) is 32.7 Å². The molecule has 8 nitrogen and oxygen atoms in total. The average Bonchev–Trinajstić information content (AvgIpc) is 2.71. The molecule has 0 atom stereocenters. The van der Waals surface area contributed by atoms with E-state index in [2.05, 4.69) is 15.3 Å². The van der Waals surface area contributed by atoms with Crippen LogP contribution in [0.3, 0.4) is 0 Å². The van der Waals surface area contributed by atoms with Crippen molar-refractivity contribution in [2.45, 2.75) is 17.7 Å². The Morgan fingerprint density at radius 2 is 1.58 bits per heavy atom. The molecule has 3 aromatic rings. The molecule has 1 heterocycles. The zero-order valence-corrected chi connectivity index (χ0v) is 19.1. The van der Waals surface area contributed by atoms with Gasteiger partial charge in [-0.05, 0) is 54.8 Å². The predicted octanol–water partition coefficient (Wildman–Crippen LogP) is 2.80. The number of para-hydroxylation sites is 1. The van der Waals surface area contributed by atoms with Crippen LogP contribution >= 0.6 is 0 Å². The number of hydrogen-bond acceptors (Lipinski definition) is 7. The van der Waals surface area contributed by atoms with E-state index in [1.807, 2.05) is 18.2 Å². The van der Waals surface area contributed by atoms with Crippen molar-refractivity contribution in [3.05, 3.63) is 72.1 Å². The van der Waals surface area contributed by atoms with Crippen LogP contribution in [0.1, 0.15) is 11.3 Å². The molecule has 164 valence electrons. The largest absolute Gasteiger partial charge is 0.324 e. The lowest BCUT2D eigenvalue weighted by molar-refractivity contribution is 0.599. The number of hydrogen-bond donors (Lipinski definition) is 1. The number of rotatable bonds is 8. The first-order chi connectivity index (χ1) is 14.5. The number of sulfone groups is 1. The Kier molecular flexibility index (Phi) is 6.61. The molecule has 2 aromatic carbocycles. The van der Waals surface area contributed by atoms with Crippen molar-refractivity contribution in [3.63, 3.8) is 0 Å². The second kappa shape index (κ2) is 9.03. The van der Waals surface area contributed by atoms with E-state index >= 15 is 0 Å². The van der Waals surface area contributed by atoms with Crippen molar-refractivity contribution in [1.82, 2.24) is 9.97 Å². The first-order valence-electron chi connectivity index (χ1n) is 9.45. The maximum absolute atomic E-state index is 11.9. The minimum absolute atomic E-state index is 0.241. The standard InChI is InChI=1S/C21H24N4O4S2/c1-25(31(3,28)29)20-7-5-4-6-16(20)8-9-18-14-15-22-21(24-18)23-17-10-12-19(13-11-17)30(2,26)27/h4-7,10-15H,8-9H2,1-3H3,(H,22,23,24). The summed E-state index contributed by atoms with van der Waals surface area (Å²) in [6.45, 7) is 0. The molecule has 0 radical (unpaired) electrons. The fraction of sp³-hybridized carbons (Fsp3) is 0.238. The van der Waals surface area contributed by atoms with E-state index in [0.717, 1.165) is 17.5 Å². The van der Waals surface area contributed by atoms with Gasteiger partial charge in [-0.3, -0.25) is 4.31 Å². The molecule has 31 heavy (non-hydrogen) atoms. The first-order valence-corrected chi connectivity index (χ1v) is 13.2. The van der Waals surface area contributed by atoms with Crippen molar-refractivity contribution in [2.24, 2.45) is 0 Å². The molecule has 0 saturated heterocycles. The van der Waals surface area contributed by atoms with Gasteiger partial charge >= 0.3 is 0 Å². The van der Waals surface area contributed by atoms with Crippen molar-refractivity contribution < 1.29 is 16.8 Å². The summed E-state index contributed by atoms with van der Waals surface area (Å²) in [5.74, 6) is 0.395. The van der Waals surface area contributed by atoms with E-state index in [1.54, 1.807) is 30.5 Å². The Morgan fingerprint density at radius 3 is 2.23 bits per heavy atom. The minimum Gasteiger partial charge on any atom is -0.324 e. The van der Waals surface area contributed by atoms with Gasteiger partial charge in [0, 0.05) is 30.9 Å². The highest BCUT2D eigenvalue weighted by molar-refractivity contribution is 7.92. The molecule has 0 aliphatic carbocycles. The number of nitrogens with one attached hydrogen (secondary N) is 1. The summed E-state index contributed by atoms with van der Waals surface area (Å²) in [7, 11) is -5.07. The SMILES string of the molecule is CN(c1ccccc1CCc1ccnc(Nc2ccc(S(C)(=O)=O)cc2)n1)S(C)(=O)=O. The third kappa shape index (κ3) is 6.02. The predicted molar refractivity (Wildman–Crippen MR) is 122 cm³/mol. The number of sulfonamides is 1. The molecule has 0 unspecified atom stereocenters. The quantitative estimate of drug-likeness (QED) is 0.550. The smallest absolute Gasteiger partial charge is 0.232 e. The van der Waals surface area contributed by atoms with Crippen LogP contribution in [0.5, 0.6) is 0 Å². The first kappa shape index (κ1) is 22.7. The Bertz CT molecular complexity index is 1270. The lowest BCUT2D eigenvalue weighted by atomic mass is 10.1. The van der Waals surface area contributed by atoms with Crippen molar-refractivity contribution >= 4 is 37.2 Å². The summed E-state index contributed by atoms with van der Waals surface area (Å²) in [6.07, 6.45) is 5.18. The number of aryl methyl sites for hydroxylation is 2. The van der Waals surface area contributed by atoms with Gasteiger partial charge in [-0.1, -0.05) is 18.2 Å². The molecule has 1 aromatic heterocycles. The third-order valence-corrected chi connectivity index (χ3v) is 7.05. The lowest BCUT2D eigenvalue weighted by Crippen LogP contribution is -2.26. The molecule has 0 saturated carbocycles. The average molecular weight is 461 g/mol. The van der Waals surface area contributed by atoms with Crippen molar-refractivity contribution in [2.75, 3.05) is 29.2 Å². The van der Waals surface area contributed by atoms with E-state index < -0.39 is 19.9 Å². The van der Waals surface area contributed by atoms with Gasteiger partial charge in [-0.15, -0.1) is 0 Å². The van der Waals surface area contributed by atoms with E-state index in [0.29, 0.717) is 30.2 Å². The van der Waals surface area contributed by atoms with Gasteiger partial charge in [0.25, 0.3) is 0 Å². The molecule has 3 rings (SSSR count). The molecule has 0 spiro atoms. The molecule has 10 heteroatoms. The molecular weight excluding hydrogens is 436 g/mol. The van der Waals surface area contributed by atoms with E-state index in [1.165, 1.54) is 29.7 Å². The van der Waals surface area contributed by atoms with E-state index in [-0.39, 0.29) is 4.90 Å². The molecule has 0 aliphatic heterocycles. The topological polar surface area (TPSA) is 109 Å². The van der Waals surface area contributed by atoms with Gasteiger partial charge in [0.15, 0.2) is 9.84 Å². The van der Waals surface area contributed by atoms with Crippen LogP contribution < -0.4 is 9.62 Å². The Hall–Kier alpha value is -2.98. The van der Waals surface area contributed by atoms with Gasteiger partial charge < -0.3 is 5.32 Å². The molecule has 0 amide bonds. The number of nitrogens with zero attached hydrogens (tertiary/aromatic N) is 3. The zero-order chi connectivity index (χ0) is 22.6. The van der Waals surface area contributed by atoms with Crippen LogP contribution in [-0.4, -0.2) is 46.4 Å². The van der Waals surface area contributed by atoms with Crippen LogP contribution in [0.25, 0.3) is 0 Å². The summed E-state index contributed by atoms with van der Waals surface area (Å²) in [4.78, 5) is 8.96. The van der Waals surface area contributed by atoms with E-state index in [9.17, 15) is 16.8 Å². The third-order valence-electron chi connectivity index (χ3n) is 4.73. The van der Waals surface area contributed by atoms with Crippen molar-refractivity contribution in [3.8, 4) is 0 Å². The second-order valence-corrected chi connectivity index (χ2v) is 11.2. The van der Waals surface area contributed by atoms with Crippen LogP contribution in [0.2, 0.25) is 0 Å². The molecular formula is C21H24N4O4S2. The van der Waals surface area contributed by atoms with Gasteiger partial charge in [0.2, 0.25) is 16.0 Å².